The van der Waals surface area contributed by atoms with Gasteiger partial charge in [-0.15, -0.1) is 6.42 Å². The maximum atomic E-state index is 14.9. The molecule has 9 heteroatoms. The van der Waals surface area contributed by atoms with Gasteiger partial charge >= 0.3 is 6.01 Å². The maximum Gasteiger partial charge on any atom is 0.319 e. The molecule has 1 saturated carbocycles. The van der Waals surface area contributed by atoms with Crippen molar-refractivity contribution in [3.63, 3.8) is 0 Å². The summed E-state index contributed by atoms with van der Waals surface area (Å²) in [5.41, 5.74) is 4.01. The van der Waals surface area contributed by atoms with Crippen LogP contribution in [0.4, 0.5) is 10.2 Å². The highest BCUT2D eigenvalue weighted by molar-refractivity contribution is 6.04. The van der Waals surface area contributed by atoms with E-state index in [0.29, 0.717) is 53.0 Å². The van der Waals surface area contributed by atoms with Crippen LogP contribution < -0.4 is 15.0 Å². The second kappa shape index (κ2) is 10.6. The van der Waals surface area contributed by atoms with Gasteiger partial charge in [0.2, 0.25) is 0 Å². The van der Waals surface area contributed by atoms with Gasteiger partial charge in [-0.25, -0.2) is 4.39 Å². The van der Waals surface area contributed by atoms with Gasteiger partial charge in [-0.1, -0.05) is 18.9 Å². The van der Waals surface area contributed by atoms with Crippen molar-refractivity contribution < 1.29 is 14.2 Å². The quantitative estimate of drug-likeness (QED) is 0.285. The summed E-state index contributed by atoms with van der Waals surface area (Å²) >= 11 is 0. The Labute approximate surface area is 251 Å². The number of fused-ring (bicyclic) bond motifs is 4. The molecular formula is C34H37FN6O2. The molecule has 7 rings (SSSR count). The van der Waals surface area contributed by atoms with Crippen LogP contribution in [-0.2, 0) is 6.42 Å². The lowest BCUT2D eigenvalue weighted by Crippen LogP contribution is -2.51. The Morgan fingerprint density at radius 3 is 2.58 bits per heavy atom. The Kier molecular flexibility index (Phi) is 6.87. The summed E-state index contributed by atoms with van der Waals surface area (Å²) in [4.78, 5) is 19.5. The number of hydrogen-bond donors (Lipinski definition) is 2. The first-order chi connectivity index (χ1) is 20.8. The number of piperazine rings is 1. The molecule has 3 aliphatic rings. The highest BCUT2D eigenvalue weighted by Crippen LogP contribution is 2.46. The minimum atomic E-state index is -0.478. The van der Waals surface area contributed by atoms with Gasteiger partial charge in [0.05, 0.1) is 12.2 Å². The molecule has 2 N–H and O–H groups in total. The zero-order chi connectivity index (χ0) is 29.9. The first-order valence-electron chi connectivity index (χ1n) is 15.2. The van der Waals surface area contributed by atoms with Gasteiger partial charge < -0.3 is 25.0 Å². The van der Waals surface area contributed by atoms with Gasteiger partial charge in [0.25, 0.3) is 0 Å². The summed E-state index contributed by atoms with van der Waals surface area (Å²) in [6.45, 7) is 5.27. The third-order valence-corrected chi connectivity index (χ3v) is 9.25. The number of pyridine rings is 1. The van der Waals surface area contributed by atoms with Crippen molar-refractivity contribution in [3.8, 4) is 35.2 Å². The van der Waals surface area contributed by atoms with E-state index < -0.39 is 5.82 Å². The Balaban J connectivity index is 1.41. The van der Waals surface area contributed by atoms with Crippen LogP contribution >= 0.6 is 0 Å². The SMILES string of the molecule is C#Cc1c(F)ccc2cc(O)cc(-c3cnc4c(N5CC6CCC(C5)N6)nc(OCC5(CN(C)C)CC5)nc4c3CC)c12. The second-order valence-electron chi connectivity index (χ2n) is 12.8. The molecule has 2 atom stereocenters. The fourth-order valence-electron chi connectivity index (χ4n) is 7.12. The Morgan fingerprint density at radius 2 is 1.91 bits per heavy atom. The number of nitrogens with one attached hydrogen (secondary N) is 1. The van der Waals surface area contributed by atoms with Gasteiger partial charge in [0.1, 0.15) is 22.6 Å². The van der Waals surface area contributed by atoms with Crippen LogP contribution in [0.5, 0.6) is 11.8 Å². The van der Waals surface area contributed by atoms with E-state index in [1.165, 1.54) is 6.07 Å². The number of terminal acetylenes is 1. The van der Waals surface area contributed by atoms with E-state index in [9.17, 15) is 9.50 Å². The van der Waals surface area contributed by atoms with Crippen LogP contribution in [0.3, 0.4) is 0 Å². The van der Waals surface area contributed by atoms with Gasteiger partial charge in [0.15, 0.2) is 5.82 Å². The molecule has 0 amide bonds. The topological polar surface area (TPSA) is 86.6 Å². The number of aromatic hydroxyl groups is 1. The van der Waals surface area contributed by atoms with E-state index in [2.05, 4.69) is 42.1 Å². The van der Waals surface area contributed by atoms with Crippen molar-refractivity contribution in [3.05, 3.63) is 47.4 Å². The second-order valence-corrected chi connectivity index (χ2v) is 12.8. The highest BCUT2D eigenvalue weighted by atomic mass is 19.1. The molecule has 222 valence electrons. The van der Waals surface area contributed by atoms with Crippen LogP contribution in [0.15, 0.2) is 30.5 Å². The summed E-state index contributed by atoms with van der Waals surface area (Å²) in [6, 6.07) is 7.41. The third-order valence-electron chi connectivity index (χ3n) is 9.25. The summed E-state index contributed by atoms with van der Waals surface area (Å²) in [5.74, 6) is 2.91. The lowest BCUT2D eigenvalue weighted by molar-refractivity contribution is 0.183. The number of phenols is 1. The Morgan fingerprint density at radius 1 is 1.14 bits per heavy atom. The number of benzene rings is 2. The molecule has 1 aliphatic carbocycles. The molecular weight excluding hydrogens is 543 g/mol. The van der Waals surface area contributed by atoms with Crippen molar-refractivity contribution in [2.45, 2.75) is 51.1 Å². The molecule has 0 radical (unpaired) electrons. The Hall–Kier alpha value is -4.00. The summed E-state index contributed by atoms with van der Waals surface area (Å²) in [6.07, 6.45) is 12.8. The fraction of sp³-hybridized carbons (Fsp3) is 0.441. The van der Waals surface area contributed by atoms with Gasteiger partial charge in [-0.05, 0) is 80.9 Å². The fourth-order valence-corrected chi connectivity index (χ4v) is 7.12. The van der Waals surface area contributed by atoms with E-state index in [-0.39, 0.29) is 16.7 Å². The number of anilines is 1. The van der Waals surface area contributed by atoms with Crippen LogP contribution in [0.25, 0.3) is 32.9 Å². The van der Waals surface area contributed by atoms with Gasteiger partial charge in [-0.3, -0.25) is 4.98 Å². The first-order valence-corrected chi connectivity index (χ1v) is 15.2. The average molecular weight is 581 g/mol. The van der Waals surface area contributed by atoms with Gasteiger partial charge in [-0.2, -0.15) is 9.97 Å². The van der Waals surface area contributed by atoms with Crippen molar-refractivity contribution in [1.82, 2.24) is 25.2 Å². The molecule has 4 aromatic rings. The minimum Gasteiger partial charge on any atom is -0.508 e. The van der Waals surface area contributed by atoms with Crippen LogP contribution in [0.2, 0.25) is 0 Å². The highest BCUT2D eigenvalue weighted by Gasteiger charge is 2.44. The number of halogens is 1. The third kappa shape index (κ3) is 5.02. The number of ether oxygens (including phenoxy) is 1. The molecule has 2 aliphatic heterocycles. The van der Waals surface area contributed by atoms with E-state index in [1.807, 2.05) is 0 Å². The lowest BCUT2D eigenvalue weighted by Gasteiger charge is -2.34. The monoisotopic (exact) mass is 580 g/mol. The Bertz CT molecular complexity index is 1770. The number of hydrogen-bond acceptors (Lipinski definition) is 8. The number of nitrogens with zero attached hydrogens (tertiary/aromatic N) is 5. The van der Waals surface area contributed by atoms with Crippen molar-refractivity contribution in [1.29, 1.82) is 0 Å². The molecule has 2 aromatic heterocycles. The van der Waals surface area contributed by atoms with E-state index >= 15 is 0 Å². The summed E-state index contributed by atoms with van der Waals surface area (Å²) in [5, 5.41) is 15.6. The van der Waals surface area contributed by atoms with Crippen LogP contribution in [-0.4, -0.2) is 77.4 Å². The van der Waals surface area contributed by atoms with Crippen molar-refractivity contribution >= 4 is 27.6 Å². The zero-order valence-electron chi connectivity index (χ0n) is 25.0. The number of aromatic nitrogens is 3. The molecule has 2 saturated heterocycles. The smallest absolute Gasteiger partial charge is 0.319 e. The average Bonchev–Trinajstić information content (AvgIpc) is 3.67. The van der Waals surface area contributed by atoms with Gasteiger partial charge in [0, 0.05) is 54.3 Å². The molecule has 2 aromatic carbocycles. The van der Waals surface area contributed by atoms with Crippen molar-refractivity contribution in [2.75, 3.05) is 45.2 Å². The molecule has 2 bridgehead atoms. The predicted molar refractivity (Wildman–Crippen MR) is 167 cm³/mol. The standard InChI is InChI=1S/C34H37FN6O2/c1-5-24-27(26-14-23(42)13-20-7-10-28(35)25(6-2)29(20)26)15-36-31-30(24)38-33(43-19-34(11-12-34)18-40(3)4)39-32(31)41-16-21-8-9-22(17-41)37-21/h2,7,10,13-15,21-22,37,42H,5,8-9,11-12,16-19H2,1,3-4H3. The summed E-state index contributed by atoms with van der Waals surface area (Å²) in [7, 11) is 4.18. The molecule has 4 heterocycles. The zero-order valence-corrected chi connectivity index (χ0v) is 25.0. The number of aryl methyl sites for hydroxylation is 1. The molecule has 2 unspecified atom stereocenters. The first kappa shape index (κ1) is 27.8. The van der Waals surface area contributed by atoms with Crippen LogP contribution in [0.1, 0.15) is 43.7 Å². The van der Waals surface area contributed by atoms with Crippen LogP contribution in [0, 0.1) is 23.6 Å². The molecule has 8 nitrogen and oxygen atoms in total. The van der Waals surface area contributed by atoms with E-state index in [4.69, 9.17) is 26.1 Å². The normalized spacial score (nSPS) is 20.6. The molecule has 3 fully saturated rings. The molecule has 0 spiro atoms. The largest absolute Gasteiger partial charge is 0.508 e. The number of rotatable bonds is 8. The predicted octanol–water partition coefficient (Wildman–Crippen LogP) is 4.89. The van der Waals surface area contributed by atoms with Crippen molar-refractivity contribution in [2.24, 2.45) is 5.41 Å². The lowest BCUT2D eigenvalue weighted by atomic mass is 9.91. The molecule has 43 heavy (non-hydrogen) atoms. The maximum absolute atomic E-state index is 14.9. The minimum absolute atomic E-state index is 0.0681. The van der Waals surface area contributed by atoms with E-state index in [0.717, 1.165) is 67.8 Å². The summed E-state index contributed by atoms with van der Waals surface area (Å²) < 4.78 is 21.3. The van der Waals surface area contributed by atoms with E-state index in [1.54, 1.807) is 24.4 Å². The number of phenolic OH excluding ortho intramolecular Hbond substituents is 1.